The number of benzene rings is 2. The maximum atomic E-state index is 14.3. The molecule has 0 bridgehead atoms. The molecule has 0 aromatic heterocycles. The number of carboxylic acid groups (broad SMARTS) is 1. The summed E-state index contributed by atoms with van der Waals surface area (Å²) in [6.07, 6.45) is -4.48. The molecular weight excluding hydrogens is 915 g/mol. The summed E-state index contributed by atoms with van der Waals surface area (Å²) in [7, 11) is 6.47. The van der Waals surface area contributed by atoms with Crippen molar-refractivity contribution >= 4 is 41.4 Å². The van der Waals surface area contributed by atoms with E-state index in [2.05, 4.69) is 26.8 Å². The normalized spacial score (nSPS) is 17.0. The van der Waals surface area contributed by atoms with E-state index in [-0.39, 0.29) is 77.9 Å². The number of hydrazine groups is 1. The van der Waals surface area contributed by atoms with Gasteiger partial charge in [0.25, 0.3) is 11.8 Å². The van der Waals surface area contributed by atoms with E-state index in [4.69, 9.17) is 19.4 Å². The minimum absolute atomic E-state index is 0. The second-order valence-electron chi connectivity index (χ2n) is 17.7. The third kappa shape index (κ3) is 18.9. The number of likely N-dealkylation sites (N-methyl/N-ethyl adjacent to an activating group) is 2. The van der Waals surface area contributed by atoms with Crippen LogP contribution in [-0.2, 0) is 44.7 Å². The van der Waals surface area contributed by atoms with E-state index in [0.29, 0.717) is 31.4 Å². The number of methoxy groups -OCH3 is 2. The zero-order valence-electron chi connectivity index (χ0n) is 42.0. The van der Waals surface area contributed by atoms with Crippen molar-refractivity contribution in [3.8, 4) is 0 Å². The van der Waals surface area contributed by atoms with Crippen molar-refractivity contribution < 1.29 is 90.9 Å². The third-order valence-electron chi connectivity index (χ3n) is 12.2. The minimum atomic E-state index is -5.19. The van der Waals surface area contributed by atoms with E-state index < -0.39 is 78.2 Å². The fraction of sp³-hybridized carbons (Fsp3) is 0.604. The first-order valence-electron chi connectivity index (χ1n) is 22.8. The molecule has 0 unspecified atom stereocenters. The summed E-state index contributed by atoms with van der Waals surface area (Å²) in [5, 5.41) is 17.7. The summed E-state index contributed by atoms with van der Waals surface area (Å²) in [6.45, 7) is 13.9. The van der Waals surface area contributed by atoms with Crippen LogP contribution in [0.1, 0.15) is 90.1 Å². The Balaban J connectivity index is 0.00000275. The van der Waals surface area contributed by atoms with Crippen molar-refractivity contribution in [1.82, 2.24) is 36.6 Å². The standard InChI is InChI=1S/C46H71N7O8.C2HF3O2.Na/c1-12-30(6)40(52(9)46(59)39(29(4)5)49-45(58)38(47-8)28(2)3)36(60-10)27-37(54)53-25-19-24-35(53)41(61-11)31(7)42(55)48-34(26-32-20-15-13-16-21-32)44(57)51-50-43(56)33-22-17-14-18-23-33;3-2(4,5)1(6)7;/h13-18,20-23,28-31,34-36,38-41,47H,12,19,24-27H2,1-11H3,(H,48,55)(H,49,58)(H,50,56)(H,51,57);(H,6,7);/q;;+1/p-1/t30-,31+,34-,35-,36+,38-,39-,40-,41+;;/m0../s1. The predicted molar refractivity (Wildman–Crippen MR) is 246 cm³/mol. The Hall–Kier alpha value is -4.60. The van der Waals surface area contributed by atoms with Gasteiger partial charge in [-0.3, -0.25) is 39.6 Å². The Bertz CT molecular complexity index is 1950. The Morgan fingerprint density at radius 1 is 0.812 bits per heavy atom. The van der Waals surface area contributed by atoms with Crippen LogP contribution in [0.15, 0.2) is 60.7 Å². The molecule has 1 fully saturated rings. The van der Waals surface area contributed by atoms with Crippen LogP contribution in [0.5, 0.6) is 0 Å². The number of halogens is 3. The number of ether oxygens (including phenoxy) is 2. The van der Waals surface area contributed by atoms with Crippen LogP contribution in [0.25, 0.3) is 0 Å². The number of alkyl halides is 3. The molecule has 1 aliphatic heterocycles. The van der Waals surface area contributed by atoms with Gasteiger partial charge in [0, 0.05) is 39.8 Å². The number of carbonyl (C=O) groups excluding carboxylic acids is 7. The van der Waals surface area contributed by atoms with E-state index in [1.54, 1.807) is 61.2 Å². The van der Waals surface area contributed by atoms with Gasteiger partial charge in [-0.15, -0.1) is 0 Å². The molecule has 6 amide bonds. The van der Waals surface area contributed by atoms with Gasteiger partial charge in [0.1, 0.15) is 18.1 Å². The van der Waals surface area contributed by atoms with E-state index in [1.165, 1.54) is 14.2 Å². The second-order valence-corrected chi connectivity index (χ2v) is 17.7. The maximum Gasteiger partial charge on any atom is 1.00 e. The molecule has 21 heteroatoms. The molecule has 5 N–H and O–H groups in total. The fourth-order valence-corrected chi connectivity index (χ4v) is 8.28. The van der Waals surface area contributed by atoms with Gasteiger partial charge >= 0.3 is 35.7 Å². The van der Waals surface area contributed by atoms with Gasteiger partial charge in [-0.05, 0) is 55.3 Å². The second kappa shape index (κ2) is 30.2. The van der Waals surface area contributed by atoms with Crippen molar-refractivity contribution in [2.75, 3.05) is 34.9 Å². The number of likely N-dealkylation sites (tertiary alicyclic amines) is 1. The first-order chi connectivity index (χ1) is 31.9. The molecule has 0 radical (unpaired) electrons. The van der Waals surface area contributed by atoms with Gasteiger partial charge < -0.3 is 45.1 Å². The molecule has 1 heterocycles. The SMILES string of the molecule is CC[C@H](C)[C@@H]([C@@H](CC(=O)N1CCC[C@H]1[C@H](OC)[C@@H](C)C(=O)N[C@@H](Cc1ccccc1)C(=O)NNC(=O)c1ccccc1)OC)N(C)C(=O)[C@@H](NC(=O)[C@@H](NC)C(C)C)C(C)C.O=C([O-])C(F)(F)F.[Na+]. The number of amides is 6. The summed E-state index contributed by atoms with van der Waals surface area (Å²) in [5.74, 6) is -6.34. The number of carbonyl (C=O) groups is 7. The van der Waals surface area contributed by atoms with E-state index in [1.807, 2.05) is 71.9 Å². The first kappa shape index (κ1) is 62.4. The predicted octanol–water partition coefficient (Wildman–Crippen LogP) is -0.217. The van der Waals surface area contributed by atoms with Crippen molar-refractivity contribution in [2.45, 2.75) is 129 Å². The number of hydrogen-bond acceptors (Lipinski definition) is 11. The summed E-state index contributed by atoms with van der Waals surface area (Å²) in [5.41, 5.74) is 6.05. The molecule has 9 atom stereocenters. The number of aliphatic carboxylic acids is 1. The summed E-state index contributed by atoms with van der Waals surface area (Å²) in [6, 6.07) is 14.4. The van der Waals surface area contributed by atoms with Gasteiger partial charge in [0.05, 0.1) is 42.7 Å². The zero-order valence-corrected chi connectivity index (χ0v) is 44.0. The quantitative estimate of drug-likeness (QED) is 0.0766. The summed E-state index contributed by atoms with van der Waals surface area (Å²) >= 11 is 0. The van der Waals surface area contributed by atoms with Gasteiger partial charge in [0.2, 0.25) is 23.6 Å². The van der Waals surface area contributed by atoms with Crippen molar-refractivity contribution in [1.29, 1.82) is 0 Å². The Kier molecular flexibility index (Phi) is 27.3. The van der Waals surface area contributed by atoms with Crippen LogP contribution < -0.4 is 61.5 Å². The van der Waals surface area contributed by atoms with Crippen molar-refractivity contribution in [2.24, 2.45) is 23.7 Å². The molecule has 380 valence electrons. The smallest absolute Gasteiger partial charge is 0.542 e. The molecule has 2 aromatic rings. The Morgan fingerprint density at radius 3 is 1.84 bits per heavy atom. The molecule has 0 spiro atoms. The van der Waals surface area contributed by atoms with E-state index in [9.17, 15) is 41.9 Å². The van der Waals surface area contributed by atoms with Gasteiger partial charge in [0.15, 0.2) is 0 Å². The number of rotatable bonds is 22. The average Bonchev–Trinajstić information content (AvgIpc) is 3.79. The van der Waals surface area contributed by atoms with Gasteiger partial charge in [-0.2, -0.15) is 13.2 Å². The summed E-state index contributed by atoms with van der Waals surface area (Å²) < 4.78 is 43.6. The average molecular weight is 986 g/mol. The number of carboxylic acids is 1. The van der Waals surface area contributed by atoms with Crippen molar-refractivity contribution in [3.63, 3.8) is 0 Å². The number of nitrogens with zero attached hydrogens (tertiary/aromatic N) is 2. The fourth-order valence-electron chi connectivity index (χ4n) is 8.28. The molecule has 1 saturated heterocycles. The molecule has 1 aliphatic rings. The van der Waals surface area contributed by atoms with Crippen LogP contribution >= 0.6 is 0 Å². The molecule has 3 rings (SSSR count). The largest absolute Gasteiger partial charge is 1.00 e. The molecule has 17 nitrogen and oxygen atoms in total. The molecular formula is C48H71F3N7NaO10. The molecule has 69 heavy (non-hydrogen) atoms. The molecule has 0 saturated carbocycles. The van der Waals surface area contributed by atoms with Crippen LogP contribution in [0.3, 0.4) is 0 Å². The Morgan fingerprint density at radius 2 is 1.36 bits per heavy atom. The monoisotopic (exact) mass is 986 g/mol. The zero-order chi connectivity index (χ0) is 51.5. The van der Waals surface area contributed by atoms with Crippen LogP contribution in [-0.4, -0.2) is 135 Å². The Labute approximate surface area is 426 Å². The van der Waals surface area contributed by atoms with E-state index >= 15 is 0 Å². The minimum Gasteiger partial charge on any atom is -0.542 e. The number of hydrogen-bond donors (Lipinski definition) is 5. The topological polar surface area (TPSA) is 228 Å². The van der Waals surface area contributed by atoms with Crippen LogP contribution in [0, 0.1) is 23.7 Å². The molecule has 0 aliphatic carbocycles. The first-order valence-corrected chi connectivity index (χ1v) is 22.8. The molecule has 2 aromatic carbocycles. The van der Waals surface area contributed by atoms with Crippen LogP contribution in [0.4, 0.5) is 13.2 Å². The van der Waals surface area contributed by atoms with E-state index in [0.717, 1.165) is 5.56 Å². The van der Waals surface area contributed by atoms with Crippen molar-refractivity contribution in [3.05, 3.63) is 71.8 Å². The maximum absolute atomic E-state index is 14.3. The third-order valence-corrected chi connectivity index (χ3v) is 12.2. The summed E-state index contributed by atoms with van der Waals surface area (Å²) in [4.78, 5) is 94.2. The number of nitrogens with one attached hydrogen (secondary N) is 5. The van der Waals surface area contributed by atoms with Crippen LogP contribution in [0.2, 0.25) is 0 Å². The van der Waals surface area contributed by atoms with Gasteiger partial charge in [-0.25, -0.2) is 0 Å². The van der Waals surface area contributed by atoms with Gasteiger partial charge in [-0.1, -0.05) is 103 Å².